The van der Waals surface area contributed by atoms with Gasteiger partial charge in [0.15, 0.2) is 0 Å². The lowest BCUT2D eigenvalue weighted by molar-refractivity contribution is 0.299. The molecule has 5 nitrogen and oxygen atoms in total. The minimum absolute atomic E-state index is 0.501. The van der Waals surface area contributed by atoms with Crippen LogP contribution in [0, 0.1) is 4.78 Å². The standard InChI is InChI=1S/C17H23N3O2S/c1-22-15-3-4-16-14(5-7-19-17(16)13-15)6-9-20-8-2-11-23(18,21)12-10-20/h3-5,7,13,18H,2,6,8-12H2,1H3. The Kier molecular flexibility index (Phi) is 4.82. The number of pyridine rings is 1. The van der Waals surface area contributed by atoms with Crippen LogP contribution in [-0.2, 0) is 16.1 Å². The summed E-state index contributed by atoms with van der Waals surface area (Å²) in [7, 11) is -0.682. The van der Waals surface area contributed by atoms with Gasteiger partial charge in [0.2, 0.25) is 0 Å². The van der Waals surface area contributed by atoms with Crippen molar-refractivity contribution in [2.75, 3.05) is 38.2 Å². The van der Waals surface area contributed by atoms with Crippen LogP contribution in [0.5, 0.6) is 5.75 Å². The topological polar surface area (TPSA) is 66.3 Å². The molecule has 0 spiro atoms. The summed E-state index contributed by atoms with van der Waals surface area (Å²) in [5.41, 5.74) is 2.22. The van der Waals surface area contributed by atoms with Crippen molar-refractivity contribution in [1.29, 1.82) is 4.78 Å². The van der Waals surface area contributed by atoms with E-state index in [1.165, 1.54) is 5.56 Å². The first-order valence-electron chi connectivity index (χ1n) is 7.95. The van der Waals surface area contributed by atoms with Crippen LogP contribution in [0.4, 0.5) is 0 Å². The largest absolute Gasteiger partial charge is 0.497 e. The Balaban J connectivity index is 1.72. The second-order valence-electron chi connectivity index (χ2n) is 6.02. The SMILES string of the molecule is COc1ccc2c(CCN3CCCS(=N)(=O)CC3)ccnc2c1. The maximum atomic E-state index is 11.9. The summed E-state index contributed by atoms with van der Waals surface area (Å²) in [6.07, 6.45) is 3.64. The molecular weight excluding hydrogens is 310 g/mol. The van der Waals surface area contributed by atoms with Crippen LogP contribution in [0.2, 0.25) is 0 Å². The number of nitrogens with zero attached hydrogens (tertiary/aromatic N) is 2. The molecule has 0 saturated carbocycles. The highest BCUT2D eigenvalue weighted by Gasteiger charge is 2.16. The van der Waals surface area contributed by atoms with Gasteiger partial charge < -0.3 is 9.64 Å². The summed E-state index contributed by atoms with van der Waals surface area (Å²) in [5, 5.41) is 1.16. The fraction of sp³-hybridized carbons (Fsp3) is 0.471. The molecule has 6 heteroatoms. The van der Waals surface area contributed by atoms with Crippen molar-refractivity contribution in [3.8, 4) is 5.75 Å². The predicted molar refractivity (Wildman–Crippen MR) is 93.7 cm³/mol. The molecule has 1 aromatic heterocycles. The zero-order valence-electron chi connectivity index (χ0n) is 13.5. The quantitative estimate of drug-likeness (QED) is 0.934. The fourth-order valence-electron chi connectivity index (χ4n) is 3.05. The van der Waals surface area contributed by atoms with E-state index in [1.807, 2.05) is 18.3 Å². The van der Waals surface area contributed by atoms with E-state index in [9.17, 15) is 4.21 Å². The van der Waals surface area contributed by atoms with Gasteiger partial charge in [-0.15, -0.1) is 0 Å². The molecule has 1 atom stereocenters. The average Bonchev–Trinajstić information content (AvgIpc) is 2.73. The Bertz CT molecular complexity index is 790. The van der Waals surface area contributed by atoms with Crippen molar-refractivity contribution in [3.63, 3.8) is 0 Å². The van der Waals surface area contributed by atoms with E-state index in [4.69, 9.17) is 9.52 Å². The lowest BCUT2D eigenvalue weighted by atomic mass is 10.1. The molecule has 0 radical (unpaired) electrons. The minimum atomic E-state index is -2.34. The normalized spacial score (nSPS) is 22.8. The van der Waals surface area contributed by atoms with E-state index < -0.39 is 9.73 Å². The zero-order valence-corrected chi connectivity index (χ0v) is 14.3. The van der Waals surface area contributed by atoms with Crippen molar-refractivity contribution in [2.45, 2.75) is 12.8 Å². The molecule has 1 N–H and O–H groups in total. The Morgan fingerprint density at radius 3 is 3.00 bits per heavy atom. The second-order valence-corrected chi connectivity index (χ2v) is 8.46. The minimum Gasteiger partial charge on any atom is -0.497 e. The van der Waals surface area contributed by atoms with Crippen molar-refractivity contribution >= 4 is 20.6 Å². The van der Waals surface area contributed by atoms with Crippen LogP contribution in [0.1, 0.15) is 12.0 Å². The average molecular weight is 333 g/mol. The van der Waals surface area contributed by atoms with Crippen molar-refractivity contribution in [3.05, 3.63) is 36.0 Å². The highest BCUT2D eigenvalue weighted by Crippen LogP contribution is 2.22. The second kappa shape index (κ2) is 6.84. The van der Waals surface area contributed by atoms with Gasteiger partial charge in [0, 0.05) is 52.0 Å². The van der Waals surface area contributed by atoms with E-state index in [-0.39, 0.29) is 0 Å². The van der Waals surface area contributed by atoms with Gasteiger partial charge in [0.25, 0.3) is 0 Å². The number of methoxy groups -OCH3 is 1. The maximum Gasteiger partial charge on any atom is 0.121 e. The van der Waals surface area contributed by atoms with Crippen molar-refractivity contribution < 1.29 is 8.95 Å². The summed E-state index contributed by atoms with van der Waals surface area (Å²) in [4.78, 5) is 6.75. The number of benzene rings is 1. The molecule has 1 aromatic carbocycles. The molecule has 0 aliphatic carbocycles. The number of aromatic nitrogens is 1. The van der Waals surface area contributed by atoms with E-state index in [0.29, 0.717) is 11.5 Å². The summed E-state index contributed by atoms with van der Waals surface area (Å²) in [6, 6.07) is 8.06. The molecule has 1 aliphatic heterocycles. The maximum absolute atomic E-state index is 11.9. The van der Waals surface area contributed by atoms with Crippen molar-refractivity contribution in [2.24, 2.45) is 0 Å². The fourth-order valence-corrected chi connectivity index (χ4v) is 4.40. The number of fused-ring (bicyclic) bond motifs is 1. The lowest BCUT2D eigenvalue weighted by Gasteiger charge is -2.19. The molecule has 0 amide bonds. The summed E-state index contributed by atoms with van der Waals surface area (Å²) >= 11 is 0. The van der Waals surface area contributed by atoms with Crippen molar-refractivity contribution in [1.82, 2.24) is 9.88 Å². The van der Waals surface area contributed by atoms with Gasteiger partial charge in [-0.1, -0.05) is 0 Å². The van der Waals surface area contributed by atoms with E-state index in [1.54, 1.807) is 7.11 Å². The number of nitrogens with one attached hydrogen (secondary N) is 1. The first-order valence-corrected chi connectivity index (χ1v) is 9.85. The molecule has 124 valence electrons. The van der Waals surface area contributed by atoms with Gasteiger partial charge in [0.05, 0.1) is 12.6 Å². The molecule has 3 rings (SSSR count). The number of hydrogen-bond acceptors (Lipinski definition) is 5. The molecule has 2 aromatic rings. The molecule has 2 heterocycles. The first kappa shape index (κ1) is 16.2. The van der Waals surface area contributed by atoms with Crippen LogP contribution < -0.4 is 4.74 Å². The summed E-state index contributed by atoms with van der Waals surface area (Å²) in [5.74, 6) is 1.86. The van der Waals surface area contributed by atoms with E-state index >= 15 is 0 Å². The molecule has 1 aliphatic rings. The smallest absolute Gasteiger partial charge is 0.121 e. The first-order chi connectivity index (χ1) is 11.1. The molecular formula is C17H23N3O2S. The molecule has 1 fully saturated rings. The zero-order chi connectivity index (χ0) is 16.3. The number of rotatable bonds is 4. The Hall–Kier alpha value is -1.66. The third kappa shape index (κ3) is 4.00. The van der Waals surface area contributed by atoms with Gasteiger partial charge in [-0.2, -0.15) is 0 Å². The molecule has 1 saturated heterocycles. The Labute approximate surface area is 137 Å². The Morgan fingerprint density at radius 1 is 1.30 bits per heavy atom. The van der Waals surface area contributed by atoms with Crippen LogP contribution in [0.25, 0.3) is 10.9 Å². The molecule has 0 bridgehead atoms. The van der Waals surface area contributed by atoms with Crippen LogP contribution in [0.15, 0.2) is 30.5 Å². The predicted octanol–water partition coefficient (Wildman–Crippen LogP) is 2.54. The van der Waals surface area contributed by atoms with Gasteiger partial charge >= 0.3 is 0 Å². The number of ether oxygens (including phenoxy) is 1. The highest BCUT2D eigenvalue weighted by atomic mass is 32.2. The molecule has 1 unspecified atom stereocenters. The molecule has 23 heavy (non-hydrogen) atoms. The van der Waals surface area contributed by atoms with E-state index in [2.05, 4.69) is 22.0 Å². The van der Waals surface area contributed by atoms with Gasteiger partial charge in [0.1, 0.15) is 5.75 Å². The third-order valence-corrected chi connectivity index (χ3v) is 6.21. The van der Waals surface area contributed by atoms with E-state index in [0.717, 1.165) is 49.1 Å². The summed E-state index contributed by atoms with van der Waals surface area (Å²) in [6.45, 7) is 2.63. The number of hydrogen-bond donors (Lipinski definition) is 1. The Morgan fingerprint density at radius 2 is 2.17 bits per heavy atom. The monoisotopic (exact) mass is 333 g/mol. The van der Waals surface area contributed by atoms with Gasteiger partial charge in [-0.25, -0.2) is 4.21 Å². The van der Waals surface area contributed by atoms with Gasteiger partial charge in [-0.3, -0.25) is 9.76 Å². The third-order valence-electron chi connectivity index (χ3n) is 4.42. The van der Waals surface area contributed by atoms with Crippen LogP contribution in [0.3, 0.4) is 0 Å². The van der Waals surface area contributed by atoms with Crippen LogP contribution >= 0.6 is 0 Å². The van der Waals surface area contributed by atoms with Crippen LogP contribution in [-0.4, -0.2) is 52.3 Å². The summed E-state index contributed by atoms with van der Waals surface area (Å²) < 4.78 is 24.9. The highest BCUT2D eigenvalue weighted by molar-refractivity contribution is 7.92. The van der Waals surface area contributed by atoms with Gasteiger partial charge in [-0.05, 0) is 43.1 Å². The lowest BCUT2D eigenvalue weighted by Crippen LogP contribution is -2.29.